The van der Waals surface area contributed by atoms with Crippen molar-refractivity contribution in [2.24, 2.45) is 0 Å². The third-order valence-corrected chi connectivity index (χ3v) is 3.90. The Labute approximate surface area is 83.0 Å². The number of hydrogen-bond donors (Lipinski definition) is 1. The van der Waals surface area contributed by atoms with Gasteiger partial charge in [0.1, 0.15) is 0 Å². The number of hydrazine groups is 1. The van der Waals surface area contributed by atoms with Gasteiger partial charge in [0.15, 0.2) is 9.84 Å². The Kier molecular flexibility index (Phi) is 3.13. The predicted molar refractivity (Wildman–Crippen MR) is 50.0 cm³/mol. The Hall–Kier alpha value is -0.660. The van der Waals surface area contributed by atoms with E-state index in [2.05, 4.69) is 0 Å². The summed E-state index contributed by atoms with van der Waals surface area (Å²) in [4.78, 5) is 10.7. The molecule has 1 aliphatic heterocycles. The molecule has 2 atom stereocenters. The molecule has 0 bridgehead atoms. The molecule has 1 fully saturated rings. The highest BCUT2D eigenvalue weighted by atomic mass is 32.2. The van der Waals surface area contributed by atoms with E-state index in [0.29, 0.717) is 6.41 Å². The molecule has 6 nitrogen and oxygen atoms in total. The first-order valence-corrected chi connectivity index (χ1v) is 5.99. The molecule has 0 aromatic heterocycles. The molecule has 1 amide bonds. The van der Waals surface area contributed by atoms with Crippen LogP contribution in [-0.4, -0.2) is 67.7 Å². The highest BCUT2D eigenvalue weighted by Gasteiger charge is 2.40. The molecule has 7 heteroatoms. The minimum Gasteiger partial charge on any atom is -0.390 e. The van der Waals surface area contributed by atoms with E-state index < -0.39 is 22.0 Å². The number of amides is 1. The maximum Gasteiger partial charge on any atom is 0.224 e. The lowest BCUT2D eigenvalue weighted by Gasteiger charge is -2.31. The van der Waals surface area contributed by atoms with Crippen LogP contribution < -0.4 is 0 Å². The van der Waals surface area contributed by atoms with Crippen LogP contribution in [0.3, 0.4) is 0 Å². The Bertz CT molecular complexity index is 314. The molecule has 0 spiro atoms. The molecule has 82 valence electrons. The second-order valence-electron chi connectivity index (χ2n) is 3.54. The lowest BCUT2D eigenvalue weighted by atomic mass is 10.2. The molecule has 1 rings (SSSR count). The summed E-state index contributed by atoms with van der Waals surface area (Å²) in [6.07, 6.45) is -0.470. The SMILES string of the molecule is CN(C)N(C=O)[C@H]1CS(=O)(=O)C[C@H]1O. The normalized spacial score (nSPS) is 30.6. The number of aliphatic hydroxyl groups is 1. The van der Waals surface area contributed by atoms with Crippen LogP contribution in [0.25, 0.3) is 0 Å². The molecule has 0 aromatic carbocycles. The zero-order valence-electron chi connectivity index (χ0n) is 8.12. The minimum atomic E-state index is -3.21. The van der Waals surface area contributed by atoms with Crippen LogP contribution in [0.15, 0.2) is 0 Å². The summed E-state index contributed by atoms with van der Waals surface area (Å²) in [5.74, 6) is -0.444. The molecule has 0 aromatic rings. The fraction of sp³-hybridized carbons (Fsp3) is 0.857. The average molecular weight is 222 g/mol. The molecule has 0 unspecified atom stereocenters. The van der Waals surface area contributed by atoms with Gasteiger partial charge in [-0.15, -0.1) is 0 Å². The summed E-state index contributed by atoms with van der Waals surface area (Å²) in [5, 5.41) is 12.1. The van der Waals surface area contributed by atoms with E-state index in [-0.39, 0.29) is 11.5 Å². The zero-order chi connectivity index (χ0) is 10.9. The van der Waals surface area contributed by atoms with Crippen molar-refractivity contribution in [3.63, 3.8) is 0 Å². The lowest BCUT2D eigenvalue weighted by Crippen LogP contribution is -2.49. The number of aliphatic hydroxyl groups excluding tert-OH is 1. The first kappa shape index (κ1) is 11.4. The van der Waals surface area contributed by atoms with E-state index in [9.17, 15) is 18.3 Å². The van der Waals surface area contributed by atoms with E-state index >= 15 is 0 Å². The molecular formula is C7H14N2O4S. The standard InChI is InChI=1S/C7H14N2O4S/c1-8(2)9(5-10)6-3-14(12,13)4-7(6)11/h5-7,11H,3-4H2,1-2H3/t6-,7+/m0/s1. The molecule has 1 aliphatic rings. The van der Waals surface area contributed by atoms with Crippen molar-refractivity contribution >= 4 is 16.2 Å². The van der Waals surface area contributed by atoms with Crippen LogP contribution in [0, 0.1) is 0 Å². The van der Waals surface area contributed by atoms with Gasteiger partial charge in [-0.3, -0.25) is 9.80 Å². The van der Waals surface area contributed by atoms with Gasteiger partial charge in [0.2, 0.25) is 6.41 Å². The molecule has 0 radical (unpaired) electrons. The second kappa shape index (κ2) is 3.84. The van der Waals surface area contributed by atoms with Crippen molar-refractivity contribution in [2.75, 3.05) is 25.6 Å². The van der Waals surface area contributed by atoms with E-state index in [0.717, 1.165) is 0 Å². The monoisotopic (exact) mass is 222 g/mol. The van der Waals surface area contributed by atoms with Crippen LogP contribution in [0.5, 0.6) is 0 Å². The third-order valence-electron chi connectivity index (χ3n) is 2.20. The first-order valence-electron chi connectivity index (χ1n) is 4.17. The number of hydrogen-bond acceptors (Lipinski definition) is 5. The van der Waals surface area contributed by atoms with Crippen LogP contribution in [0.2, 0.25) is 0 Å². The Morgan fingerprint density at radius 3 is 2.21 bits per heavy atom. The maximum atomic E-state index is 11.2. The van der Waals surface area contributed by atoms with E-state index in [1.54, 1.807) is 14.1 Å². The van der Waals surface area contributed by atoms with Crippen LogP contribution in [0.1, 0.15) is 0 Å². The number of nitrogens with zero attached hydrogens (tertiary/aromatic N) is 2. The summed E-state index contributed by atoms with van der Waals surface area (Å²) < 4.78 is 22.3. The topological polar surface area (TPSA) is 77.9 Å². The zero-order valence-corrected chi connectivity index (χ0v) is 8.94. The highest BCUT2D eigenvalue weighted by molar-refractivity contribution is 7.91. The van der Waals surface area contributed by atoms with Crippen LogP contribution >= 0.6 is 0 Å². The van der Waals surface area contributed by atoms with E-state index in [1.165, 1.54) is 10.0 Å². The van der Waals surface area contributed by atoms with Crippen molar-refractivity contribution < 1.29 is 18.3 Å². The first-order chi connectivity index (χ1) is 6.37. The Morgan fingerprint density at radius 1 is 1.36 bits per heavy atom. The Morgan fingerprint density at radius 2 is 1.93 bits per heavy atom. The fourth-order valence-corrected chi connectivity index (χ4v) is 3.31. The lowest BCUT2D eigenvalue weighted by molar-refractivity contribution is -0.138. The van der Waals surface area contributed by atoms with Crippen molar-refractivity contribution in [1.82, 2.24) is 10.0 Å². The van der Waals surface area contributed by atoms with Crippen molar-refractivity contribution in [2.45, 2.75) is 12.1 Å². The summed E-state index contributed by atoms with van der Waals surface area (Å²) in [6, 6.07) is -0.660. The number of carbonyl (C=O) groups is 1. The van der Waals surface area contributed by atoms with Gasteiger partial charge in [0.05, 0.1) is 23.7 Å². The summed E-state index contributed by atoms with van der Waals surface area (Å²) >= 11 is 0. The summed E-state index contributed by atoms with van der Waals surface area (Å²) in [6.45, 7) is 0. The number of carbonyl (C=O) groups excluding carboxylic acids is 1. The highest BCUT2D eigenvalue weighted by Crippen LogP contribution is 2.17. The van der Waals surface area contributed by atoms with Crippen molar-refractivity contribution in [3.8, 4) is 0 Å². The van der Waals surface area contributed by atoms with Gasteiger partial charge < -0.3 is 5.11 Å². The largest absolute Gasteiger partial charge is 0.390 e. The molecule has 14 heavy (non-hydrogen) atoms. The van der Waals surface area contributed by atoms with E-state index in [4.69, 9.17) is 0 Å². The molecular weight excluding hydrogens is 208 g/mol. The third kappa shape index (κ3) is 2.23. The summed E-state index contributed by atoms with van der Waals surface area (Å²) in [5.41, 5.74) is 0. The van der Waals surface area contributed by atoms with Crippen molar-refractivity contribution in [3.05, 3.63) is 0 Å². The summed E-state index contributed by atoms with van der Waals surface area (Å²) in [7, 11) is 0.0237. The quantitative estimate of drug-likeness (QED) is 0.445. The van der Waals surface area contributed by atoms with Gasteiger partial charge in [0.25, 0.3) is 0 Å². The van der Waals surface area contributed by atoms with Crippen LogP contribution in [-0.2, 0) is 14.6 Å². The maximum absolute atomic E-state index is 11.2. The second-order valence-corrected chi connectivity index (χ2v) is 5.70. The van der Waals surface area contributed by atoms with Crippen LogP contribution in [0.4, 0.5) is 0 Å². The number of sulfone groups is 1. The molecule has 1 N–H and O–H groups in total. The molecule has 1 heterocycles. The van der Waals surface area contributed by atoms with Gasteiger partial charge in [-0.1, -0.05) is 0 Å². The molecule has 1 saturated heterocycles. The van der Waals surface area contributed by atoms with Gasteiger partial charge in [-0.25, -0.2) is 13.4 Å². The van der Waals surface area contributed by atoms with Gasteiger partial charge in [0, 0.05) is 14.1 Å². The Balaban J connectivity index is 2.83. The number of rotatable bonds is 3. The fourth-order valence-electron chi connectivity index (χ4n) is 1.53. The predicted octanol–water partition coefficient (Wildman–Crippen LogP) is -1.92. The van der Waals surface area contributed by atoms with E-state index in [1.807, 2.05) is 0 Å². The molecule has 0 saturated carbocycles. The average Bonchev–Trinajstić information content (AvgIpc) is 2.26. The van der Waals surface area contributed by atoms with Gasteiger partial charge >= 0.3 is 0 Å². The molecule has 0 aliphatic carbocycles. The van der Waals surface area contributed by atoms with Gasteiger partial charge in [-0.2, -0.15) is 0 Å². The van der Waals surface area contributed by atoms with Gasteiger partial charge in [-0.05, 0) is 0 Å². The minimum absolute atomic E-state index is 0.176. The van der Waals surface area contributed by atoms with Crippen molar-refractivity contribution in [1.29, 1.82) is 0 Å². The smallest absolute Gasteiger partial charge is 0.224 e.